The van der Waals surface area contributed by atoms with E-state index in [0.717, 1.165) is 25.9 Å². The summed E-state index contributed by atoms with van der Waals surface area (Å²) in [5, 5.41) is 3.49. The van der Waals surface area contributed by atoms with Crippen LogP contribution in [-0.4, -0.2) is 19.8 Å². The van der Waals surface area contributed by atoms with Gasteiger partial charge in [0.15, 0.2) is 0 Å². The molecule has 0 saturated carbocycles. The minimum Gasteiger partial charge on any atom is -0.378 e. The summed E-state index contributed by atoms with van der Waals surface area (Å²) in [4.78, 5) is 0. The van der Waals surface area contributed by atoms with Gasteiger partial charge in [0, 0.05) is 12.0 Å². The summed E-state index contributed by atoms with van der Waals surface area (Å²) >= 11 is 0. The highest BCUT2D eigenvalue weighted by atomic mass is 16.5. The molecule has 0 aliphatic carbocycles. The molecule has 1 N–H and O–H groups in total. The Bertz CT molecular complexity index is 416. The number of rotatable bonds is 5. The van der Waals surface area contributed by atoms with Gasteiger partial charge >= 0.3 is 0 Å². The first-order valence-electron chi connectivity index (χ1n) is 7.60. The van der Waals surface area contributed by atoms with E-state index in [4.69, 9.17) is 4.74 Å². The van der Waals surface area contributed by atoms with E-state index in [2.05, 4.69) is 51.3 Å². The molecule has 2 rings (SSSR count). The smallest absolute Gasteiger partial charge is 0.0551 e. The Morgan fingerprint density at radius 1 is 1.26 bits per heavy atom. The molecule has 1 aliphatic heterocycles. The number of hydrogen-bond donors (Lipinski definition) is 1. The van der Waals surface area contributed by atoms with Gasteiger partial charge < -0.3 is 10.1 Å². The lowest BCUT2D eigenvalue weighted by Gasteiger charge is -2.23. The maximum atomic E-state index is 5.73. The van der Waals surface area contributed by atoms with Crippen molar-refractivity contribution in [1.29, 1.82) is 0 Å². The highest BCUT2D eigenvalue weighted by Crippen LogP contribution is 2.32. The number of hydrogen-bond acceptors (Lipinski definition) is 2. The predicted molar refractivity (Wildman–Crippen MR) is 80.5 cm³/mol. The molecule has 106 valence electrons. The zero-order valence-electron chi connectivity index (χ0n) is 12.7. The topological polar surface area (TPSA) is 21.3 Å². The molecule has 0 radical (unpaired) electrons. The first-order valence-corrected chi connectivity index (χ1v) is 7.60. The van der Waals surface area contributed by atoms with E-state index in [1.165, 1.54) is 16.7 Å². The molecule has 19 heavy (non-hydrogen) atoms. The minimum atomic E-state index is 0.404. The number of aryl methyl sites for hydroxylation is 2. The average Bonchev–Trinajstić information content (AvgIpc) is 2.86. The molecular weight excluding hydrogens is 234 g/mol. The monoisotopic (exact) mass is 261 g/mol. The van der Waals surface area contributed by atoms with Crippen LogP contribution in [0.3, 0.4) is 0 Å². The molecule has 3 atom stereocenters. The van der Waals surface area contributed by atoms with Crippen LogP contribution in [0.4, 0.5) is 0 Å². The SMILES string of the molecule is CCc1ccc(C(NC)C2COC(C)C2)cc1CC. The molecule has 2 heteroatoms. The van der Waals surface area contributed by atoms with Crippen LogP contribution in [0, 0.1) is 5.92 Å². The van der Waals surface area contributed by atoms with Crippen molar-refractivity contribution >= 4 is 0 Å². The van der Waals surface area contributed by atoms with Crippen molar-refractivity contribution in [2.75, 3.05) is 13.7 Å². The second-order valence-electron chi connectivity index (χ2n) is 5.64. The summed E-state index contributed by atoms with van der Waals surface area (Å²) < 4.78 is 5.73. The fourth-order valence-electron chi connectivity index (χ4n) is 3.27. The van der Waals surface area contributed by atoms with Crippen LogP contribution in [0.1, 0.15) is 49.9 Å². The largest absolute Gasteiger partial charge is 0.378 e. The van der Waals surface area contributed by atoms with Gasteiger partial charge in [-0.2, -0.15) is 0 Å². The third kappa shape index (κ3) is 3.18. The first-order chi connectivity index (χ1) is 9.19. The molecule has 2 nitrogen and oxygen atoms in total. The van der Waals surface area contributed by atoms with Gasteiger partial charge in [0.25, 0.3) is 0 Å². The Labute approximate surface area is 117 Å². The molecule has 1 heterocycles. The Balaban J connectivity index is 2.23. The molecule has 1 saturated heterocycles. The molecule has 0 aromatic heterocycles. The average molecular weight is 261 g/mol. The van der Waals surface area contributed by atoms with Crippen molar-refractivity contribution in [2.24, 2.45) is 5.92 Å². The van der Waals surface area contributed by atoms with Crippen LogP contribution in [-0.2, 0) is 17.6 Å². The standard InChI is InChI=1S/C17H27NO/c1-5-13-7-8-15(10-14(13)6-2)17(18-4)16-9-12(3)19-11-16/h7-8,10,12,16-18H,5-6,9,11H2,1-4H3. The van der Waals surface area contributed by atoms with E-state index < -0.39 is 0 Å². The lowest BCUT2D eigenvalue weighted by Crippen LogP contribution is -2.26. The van der Waals surface area contributed by atoms with Gasteiger partial charge in [-0.25, -0.2) is 0 Å². The van der Waals surface area contributed by atoms with Crippen LogP contribution in [0.5, 0.6) is 0 Å². The highest BCUT2D eigenvalue weighted by Gasteiger charge is 2.29. The second kappa shape index (κ2) is 6.53. The summed E-state index contributed by atoms with van der Waals surface area (Å²) in [5.41, 5.74) is 4.39. The number of benzene rings is 1. The van der Waals surface area contributed by atoms with Crippen molar-refractivity contribution < 1.29 is 4.74 Å². The van der Waals surface area contributed by atoms with Crippen LogP contribution in [0.2, 0.25) is 0 Å². The summed E-state index contributed by atoms with van der Waals surface area (Å²) in [6.07, 6.45) is 3.80. The van der Waals surface area contributed by atoms with Crippen LogP contribution in [0.25, 0.3) is 0 Å². The van der Waals surface area contributed by atoms with E-state index in [1.54, 1.807) is 0 Å². The Hall–Kier alpha value is -0.860. The van der Waals surface area contributed by atoms with Gasteiger partial charge in [0.1, 0.15) is 0 Å². The fourth-order valence-corrected chi connectivity index (χ4v) is 3.27. The van der Waals surface area contributed by atoms with Gasteiger partial charge in [-0.15, -0.1) is 0 Å². The maximum absolute atomic E-state index is 5.73. The zero-order valence-corrected chi connectivity index (χ0v) is 12.7. The summed E-state index contributed by atoms with van der Waals surface area (Å²) in [5.74, 6) is 0.595. The van der Waals surface area contributed by atoms with Gasteiger partial charge in [-0.05, 0) is 49.9 Å². The summed E-state index contributed by atoms with van der Waals surface area (Å²) in [6.45, 7) is 7.53. The Morgan fingerprint density at radius 3 is 2.53 bits per heavy atom. The van der Waals surface area contributed by atoms with Crippen LogP contribution in [0.15, 0.2) is 18.2 Å². The zero-order chi connectivity index (χ0) is 13.8. The third-order valence-electron chi connectivity index (χ3n) is 4.36. The molecule has 3 unspecified atom stereocenters. The molecule has 1 fully saturated rings. The number of ether oxygens (including phenoxy) is 1. The van der Waals surface area contributed by atoms with E-state index in [0.29, 0.717) is 18.1 Å². The van der Waals surface area contributed by atoms with Gasteiger partial charge in [-0.1, -0.05) is 32.0 Å². The Morgan fingerprint density at radius 2 is 2.00 bits per heavy atom. The van der Waals surface area contributed by atoms with Gasteiger partial charge in [0.2, 0.25) is 0 Å². The van der Waals surface area contributed by atoms with Gasteiger partial charge in [-0.3, -0.25) is 0 Å². The first kappa shape index (κ1) is 14.5. The predicted octanol–water partition coefficient (Wildman–Crippen LogP) is 3.50. The molecule has 0 spiro atoms. The van der Waals surface area contributed by atoms with E-state index in [-0.39, 0.29) is 0 Å². The van der Waals surface area contributed by atoms with Crippen LogP contribution >= 0.6 is 0 Å². The highest BCUT2D eigenvalue weighted by molar-refractivity contribution is 5.34. The normalized spacial score (nSPS) is 24.6. The quantitative estimate of drug-likeness (QED) is 0.876. The van der Waals surface area contributed by atoms with Crippen molar-refractivity contribution in [3.05, 3.63) is 34.9 Å². The third-order valence-corrected chi connectivity index (χ3v) is 4.36. The van der Waals surface area contributed by atoms with E-state index >= 15 is 0 Å². The summed E-state index contributed by atoms with van der Waals surface area (Å²) in [6, 6.07) is 7.41. The van der Waals surface area contributed by atoms with Crippen molar-refractivity contribution in [2.45, 2.75) is 52.2 Å². The summed E-state index contributed by atoms with van der Waals surface area (Å²) in [7, 11) is 2.06. The molecule has 0 bridgehead atoms. The van der Waals surface area contributed by atoms with Crippen molar-refractivity contribution in [3.8, 4) is 0 Å². The number of nitrogens with one attached hydrogen (secondary N) is 1. The fraction of sp³-hybridized carbons (Fsp3) is 0.647. The molecular formula is C17H27NO. The van der Waals surface area contributed by atoms with E-state index in [9.17, 15) is 0 Å². The lowest BCUT2D eigenvalue weighted by molar-refractivity contribution is 0.117. The minimum absolute atomic E-state index is 0.404. The molecule has 0 amide bonds. The van der Waals surface area contributed by atoms with E-state index in [1.807, 2.05) is 0 Å². The second-order valence-corrected chi connectivity index (χ2v) is 5.64. The van der Waals surface area contributed by atoms with Crippen molar-refractivity contribution in [1.82, 2.24) is 5.32 Å². The van der Waals surface area contributed by atoms with Gasteiger partial charge in [0.05, 0.1) is 12.7 Å². The maximum Gasteiger partial charge on any atom is 0.0551 e. The van der Waals surface area contributed by atoms with Crippen molar-refractivity contribution in [3.63, 3.8) is 0 Å². The molecule has 1 aromatic carbocycles. The Kier molecular flexibility index (Phi) is 5.00. The molecule has 1 aliphatic rings. The molecule has 1 aromatic rings. The van der Waals surface area contributed by atoms with Crippen LogP contribution < -0.4 is 5.32 Å². The lowest BCUT2D eigenvalue weighted by atomic mass is 9.88.